The molecule has 0 aliphatic rings. The molecular weight excluding hydrogens is 390 g/mol. The van der Waals surface area contributed by atoms with Gasteiger partial charge in [-0.15, -0.1) is 0 Å². The molecule has 3 rings (SSSR count). The van der Waals surface area contributed by atoms with Gasteiger partial charge in [-0.25, -0.2) is 4.98 Å². The fraction of sp³-hybridized carbons (Fsp3) is 0.292. The van der Waals surface area contributed by atoms with Gasteiger partial charge >= 0.3 is 0 Å². The Morgan fingerprint density at radius 3 is 2.52 bits per heavy atom. The first kappa shape index (κ1) is 22.1. The number of aromatic nitrogens is 2. The van der Waals surface area contributed by atoms with E-state index >= 15 is 0 Å². The number of anilines is 1. The third-order valence-electron chi connectivity index (χ3n) is 5.39. The van der Waals surface area contributed by atoms with Gasteiger partial charge in [0.05, 0.1) is 23.6 Å². The number of hydrogen-bond acceptors (Lipinski definition) is 5. The summed E-state index contributed by atoms with van der Waals surface area (Å²) in [5, 5.41) is 23.4. The molecule has 0 fully saturated rings. The van der Waals surface area contributed by atoms with E-state index in [-0.39, 0.29) is 23.8 Å². The minimum absolute atomic E-state index is 0.0524. The quantitative estimate of drug-likeness (QED) is 0.411. The number of aryl methyl sites for hydroxylation is 3. The Morgan fingerprint density at radius 2 is 1.90 bits per heavy atom. The number of amides is 1. The van der Waals surface area contributed by atoms with Crippen molar-refractivity contribution >= 4 is 28.2 Å². The second kappa shape index (κ2) is 9.02. The lowest BCUT2D eigenvalue weighted by molar-refractivity contribution is -0.117. The van der Waals surface area contributed by atoms with Crippen LogP contribution in [0.15, 0.2) is 42.2 Å². The number of para-hydroxylation sites is 2. The van der Waals surface area contributed by atoms with Crippen LogP contribution in [0.2, 0.25) is 0 Å². The molecule has 1 amide bonds. The molecule has 7 nitrogen and oxygen atoms in total. The number of nitrogens with zero attached hydrogens (tertiary/aromatic N) is 3. The first-order valence-electron chi connectivity index (χ1n) is 10.1. The van der Waals surface area contributed by atoms with Crippen LogP contribution >= 0.6 is 0 Å². The van der Waals surface area contributed by atoms with Gasteiger partial charge in [-0.05, 0) is 58.0 Å². The maximum absolute atomic E-state index is 12.6. The SMILES string of the molecule is Cc1cc(C)c(NC(=O)CN(C)[C@H](C)/C(O)=C(\C#N)c2nc3ccccc3[nH]2)c(C)c1. The van der Waals surface area contributed by atoms with Crippen LogP contribution in [0, 0.1) is 32.1 Å². The molecule has 3 N–H and O–H groups in total. The number of aromatic amines is 1. The average Bonchev–Trinajstić information content (AvgIpc) is 3.14. The van der Waals surface area contributed by atoms with Crippen molar-refractivity contribution in [2.24, 2.45) is 0 Å². The van der Waals surface area contributed by atoms with Gasteiger partial charge in [0.15, 0.2) is 5.82 Å². The highest BCUT2D eigenvalue weighted by atomic mass is 16.3. The molecule has 31 heavy (non-hydrogen) atoms. The molecule has 3 aromatic rings. The van der Waals surface area contributed by atoms with E-state index in [2.05, 4.69) is 15.3 Å². The number of H-pyrrole nitrogens is 1. The number of nitrogens with one attached hydrogen (secondary N) is 2. The molecule has 0 radical (unpaired) electrons. The summed E-state index contributed by atoms with van der Waals surface area (Å²) in [5.41, 5.74) is 5.49. The lowest BCUT2D eigenvalue weighted by atomic mass is 10.1. The zero-order chi connectivity index (χ0) is 22.7. The summed E-state index contributed by atoms with van der Waals surface area (Å²) < 4.78 is 0. The Balaban J connectivity index is 1.77. The molecule has 0 aliphatic carbocycles. The number of aliphatic hydroxyl groups excluding tert-OH is 1. The van der Waals surface area contributed by atoms with E-state index in [0.717, 1.165) is 27.9 Å². The number of allylic oxidation sites excluding steroid dienone is 1. The van der Waals surface area contributed by atoms with Gasteiger partial charge < -0.3 is 15.4 Å². The minimum atomic E-state index is -0.561. The topological polar surface area (TPSA) is 105 Å². The highest BCUT2D eigenvalue weighted by Gasteiger charge is 2.23. The third kappa shape index (κ3) is 4.76. The molecule has 0 saturated carbocycles. The zero-order valence-electron chi connectivity index (χ0n) is 18.4. The summed E-state index contributed by atoms with van der Waals surface area (Å²) >= 11 is 0. The standard InChI is InChI=1S/C24H27N5O2/c1-14-10-15(2)22(16(3)11-14)28-21(30)13-29(5)17(4)23(31)18(12-25)24-26-19-8-6-7-9-20(19)27-24/h6-11,17,31H,13H2,1-5H3,(H,26,27)(H,28,30)/b23-18-/t17-/m1/s1. The number of nitriles is 1. The molecule has 0 aliphatic heterocycles. The number of rotatable bonds is 6. The van der Waals surface area contributed by atoms with E-state index < -0.39 is 6.04 Å². The van der Waals surface area contributed by atoms with Gasteiger partial charge in [0.2, 0.25) is 5.91 Å². The Morgan fingerprint density at radius 1 is 1.26 bits per heavy atom. The van der Waals surface area contributed by atoms with Crippen molar-refractivity contribution in [1.82, 2.24) is 14.9 Å². The van der Waals surface area contributed by atoms with E-state index in [4.69, 9.17) is 0 Å². The first-order chi connectivity index (χ1) is 14.7. The number of aliphatic hydroxyl groups is 1. The Kier molecular flexibility index (Phi) is 6.42. The summed E-state index contributed by atoms with van der Waals surface area (Å²) in [5.74, 6) is -0.0317. The smallest absolute Gasteiger partial charge is 0.238 e. The third-order valence-corrected chi connectivity index (χ3v) is 5.39. The number of likely N-dealkylation sites (N-methyl/N-ethyl adjacent to an activating group) is 1. The maximum Gasteiger partial charge on any atom is 0.238 e. The second-order valence-corrected chi connectivity index (χ2v) is 7.89. The molecule has 0 bridgehead atoms. The largest absolute Gasteiger partial charge is 0.509 e. The molecule has 0 unspecified atom stereocenters. The number of hydrogen-bond donors (Lipinski definition) is 3. The molecule has 1 aromatic heterocycles. The van der Waals surface area contributed by atoms with Crippen molar-refractivity contribution in [3.05, 3.63) is 64.7 Å². The fourth-order valence-corrected chi connectivity index (χ4v) is 3.64. The number of imidazole rings is 1. The monoisotopic (exact) mass is 417 g/mol. The van der Waals surface area contributed by atoms with E-state index in [0.29, 0.717) is 11.3 Å². The highest BCUT2D eigenvalue weighted by Crippen LogP contribution is 2.23. The van der Waals surface area contributed by atoms with Crippen LogP contribution in [-0.2, 0) is 4.79 Å². The molecule has 0 spiro atoms. The summed E-state index contributed by atoms with van der Waals surface area (Å²) in [6.45, 7) is 7.73. The molecule has 0 saturated heterocycles. The first-order valence-corrected chi connectivity index (χ1v) is 10.1. The van der Waals surface area contributed by atoms with Gasteiger partial charge in [0, 0.05) is 5.69 Å². The van der Waals surface area contributed by atoms with Crippen LogP contribution in [-0.4, -0.2) is 45.5 Å². The number of benzene rings is 2. The number of carbonyl (C=O) groups is 1. The Hall–Kier alpha value is -3.63. The van der Waals surface area contributed by atoms with Gasteiger partial charge in [-0.3, -0.25) is 9.69 Å². The van der Waals surface area contributed by atoms with Crippen LogP contribution in [0.25, 0.3) is 16.6 Å². The van der Waals surface area contributed by atoms with E-state index in [1.165, 1.54) is 0 Å². The minimum Gasteiger partial charge on any atom is -0.509 e. The van der Waals surface area contributed by atoms with Crippen molar-refractivity contribution in [1.29, 1.82) is 5.26 Å². The summed E-state index contributed by atoms with van der Waals surface area (Å²) in [6, 6.07) is 12.9. The van der Waals surface area contributed by atoms with Crippen molar-refractivity contribution in [3.63, 3.8) is 0 Å². The van der Waals surface area contributed by atoms with E-state index in [1.54, 1.807) is 18.9 Å². The lowest BCUT2D eigenvalue weighted by Gasteiger charge is -2.24. The van der Waals surface area contributed by atoms with Gasteiger partial charge in [-0.2, -0.15) is 5.26 Å². The maximum atomic E-state index is 12.6. The van der Waals surface area contributed by atoms with Crippen LogP contribution in [0.1, 0.15) is 29.4 Å². The van der Waals surface area contributed by atoms with Crippen LogP contribution in [0.5, 0.6) is 0 Å². The van der Waals surface area contributed by atoms with E-state index in [9.17, 15) is 15.2 Å². The number of carbonyl (C=O) groups excluding carboxylic acids is 1. The van der Waals surface area contributed by atoms with Crippen LogP contribution in [0.3, 0.4) is 0 Å². The zero-order valence-corrected chi connectivity index (χ0v) is 18.4. The lowest BCUT2D eigenvalue weighted by Crippen LogP contribution is -2.38. The van der Waals surface area contributed by atoms with Crippen molar-refractivity contribution < 1.29 is 9.90 Å². The Labute approximate surface area is 182 Å². The van der Waals surface area contributed by atoms with Crippen molar-refractivity contribution in [2.45, 2.75) is 33.7 Å². The fourth-order valence-electron chi connectivity index (χ4n) is 3.64. The molecule has 2 aromatic carbocycles. The molecule has 1 atom stereocenters. The van der Waals surface area contributed by atoms with Gasteiger partial charge in [0.25, 0.3) is 0 Å². The number of fused-ring (bicyclic) bond motifs is 1. The molecule has 1 heterocycles. The highest BCUT2D eigenvalue weighted by molar-refractivity contribution is 5.94. The average molecular weight is 418 g/mol. The predicted molar refractivity (Wildman–Crippen MR) is 123 cm³/mol. The summed E-state index contributed by atoms with van der Waals surface area (Å²) in [6.07, 6.45) is 0. The van der Waals surface area contributed by atoms with Gasteiger partial charge in [-0.1, -0.05) is 29.8 Å². The van der Waals surface area contributed by atoms with Crippen LogP contribution < -0.4 is 5.32 Å². The van der Waals surface area contributed by atoms with Crippen molar-refractivity contribution in [3.8, 4) is 6.07 Å². The van der Waals surface area contributed by atoms with Gasteiger partial charge in [0.1, 0.15) is 17.4 Å². The normalized spacial score (nSPS) is 13.1. The summed E-state index contributed by atoms with van der Waals surface area (Å²) in [4.78, 5) is 21.8. The Bertz CT molecular complexity index is 1150. The molecular formula is C24H27N5O2. The predicted octanol–water partition coefficient (Wildman–Crippen LogP) is 4.24. The van der Waals surface area contributed by atoms with E-state index in [1.807, 2.05) is 63.2 Å². The van der Waals surface area contributed by atoms with Crippen molar-refractivity contribution in [2.75, 3.05) is 18.9 Å². The molecule has 160 valence electrons. The van der Waals surface area contributed by atoms with Crippen LogP contribution in [0.4, 0.5) is 5.69 Å². The second-order valence-electron chi connectivity index (χ2n) is 7.89. The summed E-state index contributed by atoms with van der Waals surface area (Å²) in [7, 11) is 1.73. The molecule has 7 heteroatoms.